The van der Waals surface area contributed by atoms with E-state index in [4.69, 9.17) is 9.05 Å². The number of carbonyl (C=O) groups excluding carboxylic acids is 1. The molecule has 3 atom stereocenters. The molecule has 0 bridgehead atoms. The van der Waals surface area contributed by atoms with Crippen LogP contribution in [0, 0.1) is 0 Å². The van der Waals surface area contributed by atoms with Crippen molar-refractivity contribution in [1.82, 2.24) is 5.32 Å². The number of nitrogens with zero attached hydrogens (tertiary/aromatic N) is 1. The summed E-state index contributed by atoms with van der Waals surface area (Å²) in [6.45, 7) is 4.66. The lowest BCUT2D eigenvalue weighted by Gasteiger charge is -2.25. The summed E-state index contributed by atoms with van der Waals surface area (Å²) < 4.78 is 23.5. The fourth-order valence-electron chi connectivity index (χ4n) is 6.95. The minimum Gasteiger partial charge on any atom is -0.387 e. The Hall–Kier alpha value is -2.06. The number of phosphoric ester groups is 1. The van der Waals surface area contributed by atoms with E-state index in [1.165, 1.54) is 116 Å². The van der Waals surface area contributed by atoms with Crippen LogP contribution in [0.25, 0.3) is 0 Å². The summed E-state index contributed by atoms with van der Waals surface area (Å²) in [4.78, 5) is 23.1. The molecule has 62 heavy (non-hydrogen) atoms. The van der Waals surface area contributed by atoms with Gasteiger partial charge >= 0.3 is 7.82 Å². The molecule has 0 aromatic carbocycles. The Bertz CT molecular complexity index is 1240. The first kappa shape index (κ1) is 59.9. The van der Waals surface area contributed by atoms with Gasteiger partial charge in [0.2, 0.25) is 5.91 Å². The average Bonchev–Trinajstić information content (AvgIpc) is 3.23. The highest BCUT2D eigenvalue weighted by Gasteiger charge is 2.27. The predicted octanol–water partition coefficient (Wildman–Crippen LogP) is 14.8. The monoisotopic (exact) mass is 890 g/mol. The molecule has 8 nitrogen and oxygen atoms in total. The largest absolute Gasteiger partial charge is 0.472 e. The van der Waals surface area contributed by atoms with Crippen LogP contribution >= 0.6 is 7.82 Å². The lowest BCUT2D eigenvalue weighted by molar-refractivity contribution is -0.870. The molecule has 0 aliphatic rings. The Morgan fingerprint density at radius 1 is 0.565 bits per heavy atom. The summed E-state index contributed by atoms with van der Waals surface area (Å²) in [7, 11) is 1.56. The molecule has 0 aliphatic carbocycles. The number of amides is 1. The van der Waals surface area contributed by atoms with Crippen molar-refractivity contribution in [2.45, 2.75) is 219 Å². The number of hydrogen-bond donors (Lipinski definition) is 3. The zero-order chi connectivity index (χ0) is 45.7. The van der Waals surface area contributed by atoms with E-state index in [1.54, 1.807) is 6.08 Å². The lowest BCUT2D eigenvalue weighted by atomic mass is 10.0. The van der Waals surface area contributed by atoms with Crippen LogP contribution in [0.15, 0.2) is 72.9 Å². The molecule has 0 radical (unpaired) electrons. The number of likely N-dealkylation sites (N-methyl/N-ethyl adjacent to an activating group) is 1. The van der Waals surface area contributed by atoms with Crippen LogP contribution in [0.3, 0.4) is 0 Å². The van der Waals surface area contributed by atoms with Crippen molar-refractivity contribution >= 4 is 13.7 Å². The Kier molecular flexibility index (Phi) is 42.7. The fraction of sp³-hybridized carbons (Fsp3) is 0.755. The van der Waals surface area contributed by atoms with Gasteiger partial charge in [-0.25, -0.2) is 4.57 Å². The second kappa shape index (κ2) is 44.2. The van der Waals surface area contributed by atoms with Crippen LogP contribution in [0.1, 0.15) is 206 Å². The third-order valence-electron chi connectivity index (χ3n) is 10.9. The molecule has 0 fully saturated rings. The van der Waals surface area contributed by atoms with Crippen LogP contribution in [0.5, 0.6) is 0 Å². The normalized spacial score (nSPS) is 14.8. The molecule has 0 aromatic heterocycles. The van der Waals surface area contributed by atoms with Crippen LogP contribution in [-0.2, 0) is 18.4 Å². The van der Waals surface area contributed by atoms with Gasteiger partial charge in [0.25, 0.3) is 0 Å². The zero-order valence-corrected chi connectivity index (χ0v) is 41.7. The molecule has 0 aliphatic heterocycles. The number of nitrogens with one attached hydrogen (secondary N) is 1. The number of unbranched alkanes of at least 4 members (excludes halogenated alkanes) is 22. The van der Waals surface area contributed by atoms with Crippen molar-refractivity contribution in [3.05, 3.63) is 72.9 Å². The fourth-order valence-corrected chi connectivity index (χ4v) is 7.69. The molecule has 0 saturated carbocycles. The molecule has 0 aromatic rings. The molecule has 3 N–H and O–H groups in total. The van der Waals surface area contributed by atoms with Gasteiger partial charge in [-0.15, -0.1) is 0 Å². The number of quaternary nitrogens is 1. The van der Waals surface area contributed by atoms with Gasteiger partial charge in [0.15, 0.2) is 0 Å². The Morgan fingerprint density at radius 3 is 1.42 bits per heavy atom. The standard InChI is InChI=1S/C53H97N2O6P/c1-6-8-10-12-14-16-17-18-19-20-21-22-23-24-25-26-27-28-29-30-31-32-33-34-35-36-37-39-41-43-45-47-53(57)54-51(50-61-62(58,59)60-49-48-55(3,4)5)52(56)46-44-42-40-38-15-13-11-9-7-2/h8,10,14,16,18-19,21-22,24-25,44,46,51-52,56H,6-7,9,11-13,15,17,20,23,26-43,45,47-50H2,1-5H3,(H-,54,57,58,59)/p+1/b10-8-,16-14-,19-18-,22-21-,25-24-,46-44+. The summed E-state index contributed by atoms with van der Waals surface area (Å²) in [5.41, 5.74) is 0. The number of phosphoric acid groups is 1. The van der Waals surface area contributed by atoms with E-state index in [0.29, 0.717) is 17.4 Å². The van der Waals surface area contributed by atoms with Gasteiger partial charge < -0.3 is 19.8 Å². The summed E-state index contributed by atoms with van der Waals surface area (Å²) in [6.07, 6.45) is 60.0. The van der Waals surface area contributed by atoms with Crippen molar-refractivity contribution in [2.75, 3.05) is 40.9 Å². The number of rotatable bonds is 45. The van der Waals surface area contributed by atoms with Gasteiger partial charge in [-0.05, 0) is 64.2 Å². The van der Waals surface area contributed by atoms with Crippen molar-refractivity contribution in [3.63, 3.8) is 0 Å². The first-order valence-corrected chi connectivity index (χ1v) is 26.8. The van der Waals surface area contributed by atoms with Crippen LogP contribution in [0.4, 0.5) is 0 Å². The number of aliphatic hydroxyl groups is 1. The molecule has 0 heterocycles. The predicted molar refractivity (Wildman–Crippen MR) is 267 cm³/mol. The first-order valence-electron chi connectivity index (χ1n) is 25.3. The van der Waals surface area contributed by atoms with E-state index in [1.807, 2.05) is 27.2 Å². The van der Waals surface area contributed by atoms with Gasteiger partial charge in [0.05, 0.1) is 39.9 Å². The highest BCUT2D eigenvalue weighted by Crippen LogP contribution is 2.43. The Balaban J connectivity index is 4.04. The van der Waals surface area contributed by atoms with Gasteiger partial charge in [-0.3, -0.25) is 13.8 Å². The van der Waals surface area contributed by atoms with Crippen molar-refractivity contribution < 1.29 is 32.9 Å². The summed E-state index contributed by atoms with van der Waals surface area (Å²) >= 11 is 0. The molecule has 0 saturated heterocycles. The second-order valence-electron chi connectivity index (χ2n) is 18.2. The van der Waals surface area contributed by atoms with Crippen molar-refractivity contribution in [1.29, 1.82) is 0 Å². The van der Waals surface area contributed by atoms with Crippen LogP contribution in [-0.4, -0.2) is 73.4 Å². The van der Waals surface area contributed by atoms with Gasteiger partial charge in [-0.1, -0.05) is 209 Å². The molecule has 360 valence electrons. The van der Waals surface area contributed by atoms with Gasteiger partial charge in [0.1, 0.15) is 13.2 Å². The van der Waals surface area contributed by atoms with Gasteiger partial charge in [-0.2, -0.15) is 0 Å². The molecule has 9 heteroatoms. The van der Waals surface area contributed by atoms with E-state index in [2.05, 4.69) is 79.9 Å². The Morgan fingerprint density at radius 2 is 0.968 bits per heavy atom. The average molecular weight is 890 g/mol. The molecule has 1 amide bonds. The smallest absolute Gasteiger partial charge is 0.387 e. The minimum absolute atomic E-state index is 0.0594. The lowest BCUT2D eigenvalue weighted by Crippen LogP contribution is -2.45. The maximum absolute atomic E-state index is 12.9. The minimum atomic E-state index is -4.34. The molecule has 0 spiro atoms. The number of aliphatic hydroxyl groups excluding tert-OH is 1. The number of carbonyl (C=O) groups is 1. The third-order valence-corrected chi connectivity index (χ3v) is 11.9. The van der Waals surface area contributed by atoms with Crippen molar-refractivity contribution in [3.8, 4) is 0 Å². The summed E-state index contributed by atoms with van der Waals surface area (Å²) in [5, 5.41) is 13.8. The highest BCUT2D eigenvalue weighted by atomic mass is 31.2. The summed E-state index contributed by atoms with van der Waals surface area (Å²) in [5.74, 6) is -0.182. The van der Waals surface area contributed by atoms with E-state index in [9.17, 15) is 19.4 Å². The van der Waals surface area contributed by atoms with E-state index in [0.717, 1.165) is 70.6 Å². The topological polar surface area (TPSA) is 105 Å². The second-order valence-corrected chi connectivity index (χ2v) is 19.6. The highest BCUT2D eigenvalue weighted by molar-refractivity contribution is 7.47. The van der Waals surface area contributed by atoms with Gasteiger partial charge in [0, 0.05) is 6.42 Å². The van der Waals surface area contributed by atoms with E-state index >= 15 is 0 Å². The number of allylic oxidation sites excluding steroid dienone is 11. The van der Waals surface area contributed by atoms with E-state index in [-0.39, 0.29) is 19.1 Å². The molecular weight excluding hydrogens is 792 g/mol. The maximum Gasteiger partial charge on any atom is 0.472 e. The number of hydrogen-bond acceptors (Lipinski definition) is 5. The first-order chi connectivity index (χ1) is 30.0. The summed E-state index contributed by atoms with van der Waals surface area (Å²) in [6, 6.07) is -0.846. The zero-order valence-electron chi connectivity index (χ0n) is 40.8. The third kappa shape index (κ3) is 45.9. The molecular formula is C53H98N2O6P+. The Labute approximate surface area is 383 Å². The van der Waals surface area contributed by atoms with Crippen LogP contribution in [0.2, 0.25) is 0 Å². The van der Waals surface area contributed by atoms with Crippen LogP contribution < -0.4 is 5.32 Å². The maximum atomic E-state index is 12.9. The van der Waals surface area contributed by atoms with Crippen molar-refractivity contribution in [2.24, 2.45) is 0 Å². The van der Waals surface area contributed by atoms with E-state index < -0.39 is 20.0 Å². The molecule has 0 rings (SSSR count). The SMILES string of the molecule is CC/C=C\C/C=C\C/C=C\C/C=C\C/C=C\CCCCCCCCCCCCCCCCCC(=O)NC(COP(=O)(O)OCC[N+](C)(C)C)C(O)/C=C/CCCCCCCCC. The molecule has 3 unspecified atom stereocenters. The quantitative estimate of drug-likeness (QED) is 0.0243.